The number of hydrogen-bond acceptors (Lipinski definition) is 2. The van der Waals surface area contributed by atoms with E-state index < -0.39 is 11.7 Å². The Balaban J connectivity index is 2.50. The first-order chi connectivity index (χ1) is 9.71. The van der Waals surface area contributed by atoms with Gasteiger partial charge in [-0.25, -0.2) is 0 Å². The van der Waals surface area contributed by atoms with Gasteiger partial charge >= 0.3 is 6.18 Å². The van der Waals surface area contributed by atoms with Crippen LogP contribution in [0.4, 0.5) is 18.9 Å². The lowest BCUT2D eigenvalue weighted by Gasteiger charge is -2.21. The summed E-state index contributed by atoms with van der Waals surface area (Å²) >= 11 is 3.21. The lowest BCUT2D eigenvalue weighted by atomic mass is 10.1. The number of unbranched alkanes of at least 4 members (excludes halogenated alkanes) is 1. The summed E-state index contributed by atoms with van der Waals surface area (Å²) in [5.74, 6) is 0. The minimum absolute atomic E-state index is 0.133. The van der Waals surface area contributed by atoms with Gasteiger partial charge in [0.2, 0.25) is 0 Å². The summed E-state index contributed by atoms with van der Waals surface area (Å²) in [4.78, 5) is 2.22. The molecule has 21 heavy (non-hydrogen) atoms. The van der Waals surface area contributed by atoms with Gasteiger partial charge in [-0.3, -0.25) is 0 Å². The first-order valence-corrected chi connectivity index (χ1v) is 7.82. The molecule has 0 aromatic heterocycles. The molecule has 0 saturated carbocycles. The number of nitrogens with one attached hydrogen (secondary N) is 1. The van der Waals surface area contributed by atoms with E-state index in [0.717, 1.165) is 25.5 Å². The van der Waals surface area contributed by atoms with Crippen molar-refractivity contribution >= 4 is 21.6 Å². The molecule has 0 aliphatic rings. The Morgan fingerprint density at radius 2 is 1.90 bits per heavy atom. The van der Waals surface area contributed by atoms with Gasteiger partial charge in [0.15, 0.2) is 0 Å². The molecule has 6 heteroatoms. The molecule has 0 unspecified atom stereocenters. The van der Waals surface area contributed by atoms with E-state index in [1.54, 1.807) is 0 Å². The Hall–Kier alpha value is -0.750. The monoisotopic (exact) mass is 366 g/mol. The Kier molecular flexibility index (Phi) is 7.00. The second-order valence-corrected chi connectivity index (χ2v) is 6.31. The third-order valence-electron chi connectivity index (χ3n) is 3.42. The number of alkyl halides is 3. The number of rotatable bonds is 7. The predicted molar refractivity (Wildman–Crippen MR) is 84.6 cm³/mol. The van der Waals surface area contributed by atoms with Gasteiger partial charge in [-0.1, -0.05) is 15.9 Å². The highest BCUT2D eigenvalue weighted by Crippen LogP contribution is 2.36. The largest absolute Gasteiger partial charge is 0.418 e. The van der Waals surface area contributed by atoms with Crippen molar-refractivity contribution in [2.75, 3.05) is 25.5 Å². The second kappa shape index (κ2) is 8.03. The maximum Gasteiger partial charge on any atom is 0.418 e. The highest BCUT2D eigenvalue weighted by Gasteiger charge is 2.33. The summed E-state index contributed by atoms with van der Waals surface area (Å²) in [5, 5.41) is 2.90. The van der Waals surface area contributed by atoms with Crippen LogP contribution in [0.15, 0.2) is 22.7 Å². The number of nitrogens with zero attached hydrogens (tertiary/aromatic N) is 1. The zero-order valence-corrected chi connectivity index (χ0v) is 14.2. The topological polar surface area (TPSA) is 15.3 Å². The molecule has 1 rings (SSSR count). The van der Waals surface area contributed by atoms with Crippen molar-refractivity contribution in [3.05, 3.63) is 28.2 Å². The summed E-state index contributed by atoms with van der Waals surface area (Å²) in [7, 11) is 2.05. The van der Waals surface area contributed by atoms with E-state index in [0.29, 0.717) is 17.1 Å². The fourth-order valence-corrected chi connectivity index (χ4v) is 2.24. The molecule has 0 fully saturated rings. The van der Waals surface area contributed by atoms with Crippen LogP contribution in [-0.4, -0.2) is 31.1 Å². The third-order valence-corrected chi connectivity index (χ3v) is 3.91. The van der Waals surface area contributed by atoms with Crippen LogP contribution < -0.4 is 5.32 Å². The number of hydrogen-bond donors (Lipinski definition) is 1. The van der Waals surface area contributed by atoms with Crippen molar-refractivity contribution in [2.24, 2.45) is 0 Å². The van der Waals surface area contributed by atoms with Crippen LogP contribution in [0.2, 0.25) is 0 Å². The molecule has 1 aromatic carbocycles. The standard InChI is InChI=1S/C15H22BrF3N2/c1-11(2)21(3)9-5-4-8-20-14-10-12(16)6-7-13(14)15(17,18)19/h6-7,10-11,20H,4-5,8-9H2,1-3H3. The van der Waals surface area contributed by atoms with Crippen molar-refractivity contribution in [3.63, 3.8) is 0 Å². The van der Waals surface area contributed by atoms with Crippen molar-refractivity contribution in [3.8, 4) is 0 Å². The van der Waals surface area contributed by atoms with Gasteiger partial charge in [-0.05, 0) is 58.5 Å². The van der Waals surface area contributed by atoms with Crippen LogP contribution in [0.1, 0.15) is 32.3 Å². The van der Waals surface area contributed by atoms with Gasteiger partial charge in [0.1, 0.15) is 0 Å². The first kappa shape index (κ1) is 18.3. The highest BCUT2D eigenvalue weighted by molar-refractivity contribution is 9.10. The molecule has 120 valence electrons. The van der Waals surface area contributed by atoms with Gasteiger partial charge in [0.25, 0.3) is 0 Å². The molecule has 0 bridgehead atoms. The summed E-state index contributed by atoms with van der Waals surface area (Å²) in [6.07, 6.45) is -2.54. The lowest BCUT2D eigenvalue weighted by Crippen LogP contribution is -2.27. The van der Waals surface area contributed by atoms with Crippen molar-refractivity contribution in [2.45, 2.75) is 38.9 Å². The SMILES string of the molecule is CC(C)N(C)CCCCNc1cc(Br)ccc1C(F)(F)F. The maximum absolute atomic E-state index is 12.9. The zero-order valence-electron chi connectivity index (χ0n) is 12.6. The molecule has 2 nitrogen and oxygen atoms in total. The summed E-state index contributed by atoms with van der Waals surface area (Å²) < 4.78 is 39.3. The summed E-state index contributed by atoms with van der Waals surface area (Å²) in [6.45, 7) is 5.72. The minimum atomic E-state index is -4.33. The quantitative estimate of drug-likeness (QED) is 0.683. The van der Waals surface area contributed by atoms with Gasteiger partial charge < -0.3 is 10.2 Å². The average molecular weight is 367 g/mol. The molecule has 0 aliphatic heterocycles. The van der Waals surface area contributed by atoms with Crippen LogP contribution in [0, 0.1) is 0 Å². The Morgan fingerprint density at radius 1 is 1.24 bits per heavy atom. The average Bonchev–Trinajstić information content (AvgIpc) is 2.36. The Morgan fingerprint density at radius 3 is 2.48 bits per heavy atom. The van der Waals surface area contributed by atoms with E-state index in [-0.39, 0.29) is 5.69 Å². The Labute approximate surface area is 132 Å². The normalized spacial score (nSPS) is 12.2. The van der Waals surface area contributed by atoms with E-state index in [1.807, 2.05) is 7.05 Å². The molecule has 0 atom stereocenters. The summed E-state index contributed by atoms with van der Waals surface area (Å²) in [5.41, 5.74) is -0.487. The number of benzene rings is 1. The van der Waals surface area contributed by atoms with Gasteiger partial charge in [-0.2, -0.15) is 13.2 Å². The van der Waals surface area contributed by atoms with E-state index in [2.05, 4.69) is 40.0 Å². The fourth-order valence-electron chi connectivity index (χ4n) is 1.88. The van der Waals surface area contributed by atoms with Gasteiger partial charge in [0.05, 0.1) is 5.56 Å². The van der Waals surface area contributed by atoms with Gasteiger partial charge in [-0.15, -0.1) is 0 Å². The lowest BCUT2D eigenvalue weighted by molar-refractivity contribution is -0.137. The molecule has 0 aliphatic carbocycles. The molecule has 1 aromatic rings. The first-order valence-electron chi connectivity index (χ1n) is 7.02. The molecular formula is C15H22BrF3N2. The van der Waals surface area contributed by atoms with Crippen LogP contribution in [0.5, 0.6) is 0 Å². The van der Waals surface area contributed by atoms with Crippen LogP contribution in [0.3, 0.4) is 0 Å². The van der Waals surface area contributed by atoms with Gasteiger partial charge in [0, 0.05) is 22.7 Å². The fraction of sp³-hybridized carbons (Fsp3) is 0.600. The summed E-state index contributed by atoms with van der Waals surface area (Å²) in [6, 6.07) is 4.47. The van der Waals surface area contributed by atoms with Crippen LogP contribution in [0.25, 0.3) is 0 Å². The number of anilines is 1. The third kappa shape index (κ3) is 6.26. The maximum atomic E-state index is 12.9. The molecule has 1 N–H and O–H groups in total. The smallest absolute Gasteiger partial charge is 0.385 e. The second-order valence-electron chi connectivity index (χ2n) is 5.40. The van der Waals surface area contributed by atoms with Crippen molar-refractivity contribution < 1.29 is 13.2 Å². The van der Waals surface area contributed by atoms with E-state index in [4.69, 9.17) is 0 Å². The molecule has 0 amide bonds. The highest BCUT2D eigenvalue weighted by atomic mass is 79.9. The van der Waals surface area contributed by atoms with Crippen molar-refractivity contribution in [1.29, 1.82) is 0 Å². The predicted octanol–water partition coefficient (Wildman–Crippen LogP) is 5.00. The Bertz CT molecular complexity index is 447. The number of halogens is 4. The molecule has 0 spiro atoms. The zero-order chi connectivity index (χ0) is 16.0. The minimum Gasteiger partial charge on any atom is -0.385 e. The van der Waals surface area contributed by atoms with E-state index >= 15 is 0 Å². The molecule has 0 saturated heterocycles. The van der Waals surface area contributed by atoms with E-state index in [9.17, 15) is 13.2 Å². The van der Waals surface area contributed by atoms with E-state index in [1.165, 1.54) is 12.1 Å². The van der Waals surface area contributed by atoms with Crippen LogP contribution >= 0.6 is 15.9 Å². The van der Waals surface area contributed by atoms with Crippen LogP contribution in [-0.2, 0) is 6.18 Å². The molecule has 0 radical (unpaired) electrons. The molecular weight excluding hydrogens is 345 g/mol. The molecule has 0 heterocycles. The van der Waals surface area contributed by atoms with Crippen molar-refractivity contribution in [1.82, 2.24) is 4.90 Å².